The molecule has 148 valence electrons. The second-order valence-electron chi connectivity index (χ2n) is 6.54. The van der Waals surface area contributed by atoms with Crippen LogP contribution >= 0.6 is 0 Å². The Hall–Kier alpha value is -2.19. The Balaban J connectivity index is 2.15. The minimum atomic E-state index is -3.65. The fourth-order valence-corrected chi connectivity index (χ4v) is 4.31. The molecule has 0 aromatic heterocycles. The molecule has 0 aliphatic heterocycles. The first kappa shape index (κ1) is 21.1. The first-order chi connectivity index (χ1) is 12.7. The molecule has 0 unspecified atom stereocenters. The number of benzene rings is 1. The van der Waals surface area contributed by atoms with Gasteiger partial charge >= 0.3 is 11.9 Å². The van der Waals surface area contributed by atoms with Gasteiger partial charge in [0, 0.05) is 13.0 Å². The summed E-state index contributed by atoms with van der Waals surface area (Å²) < 4.78 is 37.9. The van der Waals surface area contributed by atoms with Crippen molar-refractivity contribution in [2.75, 3.05) is 7.11 Å². The van der Waals surface area contributed by atoms with Gasteiger partial charge in [-0.3, -0.25) is 4.79 Å². The zero-order chi connectivity index (χ0) is 20.0. The van der Waals surface area contributed by atoms with E-state index in [2.05, 4.69) is 4.72 Å². The van der Waals surface area contributed by atoms with E-state index in [1.807, 2.05) is 6.92 Å². The molecule has 2 rings (SSSR count). The van der Waals surface area contributed by atoms with Gasteiger partial charge in [0.15, 0.2) is 0 Å². The molecule has 2 atom stereocenters. The standard InChI is InChI=1S/C19H25NO6S/c1-13-7-10-16(11-8-13)27(23,24)20-15-5-4-6-17(19(22)25-3)18(12-9-15)26-14(2)21/h6-8,10-11,15,18,20H,4-5,9,12H2,1-3H3/b17-6+/t15-,18-/m0/s1. The number of sulfonamides is 1. The normalized spacial score (nSPS) is 22.7. The van der Waals surface area contributed by atoms with E-state index in [0.717, 1.165) is 5.56 Å². The van der Waals surface area contributed by atoms with Gasteiger partial charge in [0.2, 0.25) is 10.0 Å². The molecule has 1 aromatic carbocycles. The Morgan fingerprint density at radius 1 is 1.11 bits per heavy atom. The number of carbonyl (C=O) groups excluding carboxylic acids is 2. The van der Waals surface area contributed by atoms with Crippen LogP contribution in [-0.4, -0.2) is 39.6 Å². The van der Waals surface area contributed by atoms with E-state index in [4.69, 9.17) is 9.47 Å². The highest BCUT2D eigenvalue weighted by Gasteiger charge is 2.29. The van der Waals surface area contributed by atoms with E-state index in [-0.39, 0.29) is 10.9 Å². The maximum absolute atomic E-state index is 12.6. The Kier molecular flexibility index (Phi) is 7.15. The van der Waals surface area contributed by atoms with Crippen molar-refractivity contribution in [3.05, 3.63) is 41.5 Å². The molecule has 0 radical (unpaired) electrons. The van der Waals surface area contributed by atoms with E-state index < -0.39 is 28.1 Å². The van der Waals surface area contributed by atoms with Crippen LogP contribution in [0.1, 0.15) is 38.2 Å². The summed E-state index contributed by atoms with van der Waals surface area (Å²) in [7, 11) is -2.38. The number of hydrogen-bond acceptors (Lipinski definition) is 6. The van der Waals surface area contributed by atoms with Gasteiger partial charge in [0.05, 0.1) is 17.6 Å². The van der Waals surface area contributed by atoms with Crippen molar-refractivity contribution in [2.45, 2.75) is 56.6 Å². The molecular weight excluding hydrogens is 370 g/mol. The Morgan fingerprint density at radius 3 is 2.37 bits per heavy atom. The first-order valence-electron chi connectivity index (χ1n) is 8.77. The molecule has 0 saturated heterocycles. The summed E-state index contributed by atoms with van der Waals surface area (Å²) in [6.45, 7) is 3.16. The van der Waals surface area contributed by atoms with Crippen molar-refractivity contribution in [1.82, 2.24) is 4.72 Å². The lowest BCUT2D eigenvalue weighted by atomic mass is 9.94. The SMILES string of the molecule is COC(=O)/C1=C/CC[C@H](NS(=O)(=O)c2ccc(C)cc2)CC[C@@H]1OC(C)=O. The molecule has 1 aliphatic carbocycles. The summed E-state index contributed by atoms with van der Waals surface area (Å²) in [5, 5.41) is 0. The lowest BCUT2D eigenvalue weighted by molar-refractivity contribution is -0.147. The molecule has 0 heterocycles. The number of ether oxygens (including phenoxy) is 2. The summed E-state index contributed by atoms with van der Waals surface area (Å²) in [4.78, 5) is 23.5. The van der Waals surface area contributed by atoms with Gasteiger partial charge < -0.3 is 9.47 Å². The maximum Gasteiger partial charge on any atom is 0.337 e. The lowest BCUT2D eigenvalue weighted by Crippen LogP contribution is -2.37. The quantitative estimate of drug-likeness (QED) is 0.768. The van der Waals surface area contributed by atoms with Crippen molar-refractivity contribution in [2.24, 2.45) is 0 Å². The number of methoxy groups -OCH3 is 1. The predicted octanol–water partition coefficient (Wildman–Crippen LogP) is 2.25. The largest absolute Gasteiger partial charge is 0.466 e. The predicted molar refractivity (Wildman–Crippen MR) is 99.4 cm³/mol. The number of allylic oxidation sites excluding steroid dienone is 1. The van der Waals surface area contributed by atoms with E-state index >= 15 is 0 Å². The average molecular weight is 395 g/mol. The molecule has 0 saturated carbocycles. The van der Waals surface area contributed by atoms with Gasteiger partial charge in [0.25, 0.3) is 0 Å². The van der Waals surface area contributed by atoms with Crippen LogP contribution in [0.5, 0.6) is 0 Å². The molecule has 0 fully saturated rings. The topological polar surface area (TPSA) is 98.8 Å². The monoisotopic (exact) mass is 395 g/mol. The summed E-state index contributed by atoms with van der Waals surface area (Å²) in [5.74, 6) is -1.05. The van der Waals surface area contributed by atoms with Crippen molar-refractivity contribution in [3.8, 4) is 0 Å². The van der Waals surface area contributed by atoms with Gasteiger partial charge in [-0.05, 0) is 44.7 Å². The van der Waals surface area contributed by atoms with Crippen LogP contribution in [0, 0.1) is 6.92 Å². The number of hydrogen-bond donors (Lipinski definition) is 1. The molecule has 0 spiro atoms. The van der Waals surface area contributed by atoms with Crippen LogP contribution in [-0.2, 0) is 29.1 Å². The van der Waals surface area contributed by atoms with E-state index in [1.165, 1.54) is 14.0 Å². The molecular formula is C19H25NO6S. The number of rotatable bonds is 5. The minimum Gasteiger partial charge on any atom is -0.466 e. The van der Waals surface area contributed by atoms with Gasteiger partial charge in [-0.15, -0.1) is 0 Å². The van der Waals surface area contributed by atoms with Gasteiger partial charge in [-0.2, -0.15) is 0 Å². The smallest absolute Gasteiger partial charge is 0.337 e. The van der Waals surface area contributed by atoms with Crippen molar-refractivity contribution >= 4 is 22.0 Å². The third kappa shape index (κ3) is 5.90. The lowest BCUT2D eigenvalue weighted by Gasteiger charge is -2.25. The molecule has 27 heavy (non-hydrogen) atoms. The van der Waals surface area contributed by atoms with Crippen LogP contribution < -0.4 is 4.72 Å². The second-order valence-corrected chi connectivity index (χ2v) is 8.25. The summed E-state index contributed by atoms with van der Waals surface area (Å²) in [5.41, 5.74) is 1.28. The zero-order valence-electron chi connectivity index (χ0n) is 15.7. The van der Waals surface area contributed by atoms with Crippen LogP contribution in [0.4, 0.5) is 0 Å². The average Bonchev–Trinajstić information content (AvgIpc) is 2.59. The number of carbonyl (C=O) groups is 2. The number of esters is 2. The molecule has 1 aliphatic rings. The third-order valence-electron chi connectivity index (χ3n) is 4.39. The highest BCUT2D eigenvalue weighted by atomic mass is 32.2. The third-order valence-corrected chi connectivity index (χ3v) is 5.92. The summed E-state index contributed by atoms with van der Waals surface area (Å²) in [6.07, 6.45) is 2.65. The fourth-order valence-electron chi connectivity index (χ4n) is 3.00. The Bertz CT molecular complexity index is 813. The first-order valence-corrected chi connectivity index (χ1v) is 10.3. The summed E-state index contributed by atoms with van der Waals surface area (Å²) in [6, 6.07) is 6.29. The van der Waals surface area contributed by atoms with Crippen molar-refractivity contribution in [3.63, 3.8) is 0 Å². The molecule has 8 heteroatoms. The van der Waals surface area contributed by atoms with Gasteiger partial charge in [-0.25, -0.2) is 17.9 Å². The van der Waals surface area contributed by atoms with E-state index in [1.54, 1.807) is 30.3 Å². The summed E-state index contributed by atoms with van der Waals surface area (Å²) >= 11 is 0. The molecule has 0 bridgehead atoms. The molecule has 1 aromatic rings. The minimum absolute atomic E-state index is 0.206. The highest BCUT2D eigenvalue weighted by molar-refractivity contribution is 7.89. The number of aryl methyl sites for hydroxylation is 1. The second kappa shape index (κ2) is 9.14. The van der Waals surface area contributed by atoms with Crippen LogP contribution in [0.25, 0.3) is 0 Å². The Morgan fingerprint density at radius 2 is 1.78 bits per heavy atom. The van der Waals surface area contributed by atoms with Gasteiger partial charge in [0.1, 0.15) is 6.10 Å². The number of nitrogens with one attached hydrogen (secondary N) is 1. The molecule has 0 amide bonds. The Labute approximate surface area is 159 Å². The van der Waals surface area contributed by atoms with Crippen molar-refractivity contribution < 1.29 is 27.5 Å². The van der Waals surface area contributed by atoms with E-state index in [0.29, 0.717) is 31.3 Å². The zero-order valence-corrected chi connectivity index (χ0v) is 16.5. The maximum atomic E-state index is 12.6. The van der Waals surface area contributed by atoms with E-state index in [9.17, 15) is 18.0 Å². The molecule has 1 N–H and O–H groups in total. The molecule has 7 nitrogen and oxygen atoms in total. The van der Waals surface area contributed by atoms with Crippen LogP contribution in [0.15, 0.2) is 40.8 Å². The van der Waals surface area contributed by atoms with Crippen LogP contribution in [0.3, 0.4) is 0 Å². The van der Waals surface area contributed by atoms with Gasteiger partial charge in [-0.1, -0.05) is 23.8 Å². The van der Waals surface area contributed by atoms with Crippen molar-refractivity contribution in [1.29, 1.82) is 0 Å². The highest BCUT2D eigenvalue weighted by Crippen LogP contribution is 2.23. The van der Waals surface area contributed by atoms with Crippen LogP contribution in [0.2, 0.25) is 0 Å². The fraction of sp³-hybridized carbons (Fsp3) is 0.474.